The van der Waals surface area contributed by atoms with Crippen LogP contribution in [-0.2, 0) is 11.8 Å². The number of halogens is 1. The molecule has 0 aromatic carbocycles. The van der Waals surface area contributed by atoms with Crippen molar-refractivity contribution < 1.29 is 0 Å². The molecule has 0 aliphatic rings. The maximum absolute atomic E-state index is 4.39. The highest BCUT2D eigenvalue weighted by Crippen LogP contribution is 2.17. The Kier molecular flexibility index (Phi) is 3.16. The summed E-state index contributed by atoms with van der Waals surface area (Å²) in [6.07, 6.45) is 6.45. The van der Waals surface area contributed by atoms with E-state index in [2.05, 4.69) is 32.9 Å². The zero-order valence-electron chi connectivity index (χ0n) is 8.52. The largest absolute Gasteiger partial charge is 0.265 e. The molecule has 2 aromatic heterocycles. The molecule has 2 aromatic rings. The van der Waals surface area contributed by atoms with Crippen LogP contribution in [0, 0.1) is 0 Å². The molecule has 4 heteroatoms. The monoisotopic (exact) mass is 265 g/mol. The summed E-state index contributed by atoms with van der Waals surface area (Å²) in [6, 6.07) is 3.92. The summed E-state index contributed by atoms with van der Waals surface area (Å²) in [5.41, 5.74) is 3.56. The Morgan fingerprint density at radius 2 is 2.07 bits per heavy atom. The summed E-state index contributed by atoms with van der Waals surface area (Å²) in [7, 11) is 0. The molecule has 0 unspecified atom stereocenters. The van der Waals surface area contributed by atoms with Gasteiger partial charge in [0.05, 0.1) is 11.9 Å². The molecule has 0 amide bonds. The molecule has 0 N–H and O–H groups in total. The minimum Gasteiger partial charge on any atom is -0.265 e. The third kappa shape index (κ3) is 1.95. The molecule has 15 heavy (non-hydrogen) atoms. The molecular weight excluding hydrogens is 254 g/mol. The Balaban J connectivity index is 2.49. The number of hydrogen-bond donors (Lipinski definition) is 0. The molecule has 0 fully saturated rings. The Morgan fingerprint density at radius 1 is 1.33 bits per heavy atom. The highest BCUT2D eigenvalue weighted by Gasteiger charge is 2.08. The quantitative estimate of drug-likeness (QED) is 0.800. The molecule has 3 nitrogen and oxygen atoms in total. The first-order valence-corrected chi connectivity index (χ1v) is 6.01. The second-order valence-electron chi connectivity index (χ2n) is 3.22. The van der Waals surface area contributed by atoms with Gasteiger partial charge >= 0.3 is 0 Å². The van der Waals surface area contributed by atoms with Crippen molar-refractivity contribution in [2.24, 2.45) is 0 Å². The second-order valence-corrected chi connectivity index (χ2v) is 3.78. The highest BCUT2D eigenvalue weighted by atomic mass is 79.9. The fraction of sp³-hybridized carbons (Fsp3) is 0.273. The van der Waals surface area contributed by atoms with Gasteiger partial charge in [-0.3, -0.25) is 4.98 Å². The lowest BCUT2D eigenvalue weighted by Crippen LogP contribution is -2.02. The Hall–Kier alpha value is -1.16. The summed E-state index contributed by atoms with van der Waals surface area (Å²) in [5, 5.41) is 5.24. The van der Waals surface area contributed by atoms with Crippen LogP contribution in [0.4, 0.5) is 0 Å². The van der Waals surface area contributed by atoms with E-state index in [1.165, 1.54) is 11.3 Å². The van der Waals surface area contributed by atoms with Gasteiger partial charge in [0.25, 0.3) is 0 Å². The minimum absolute atomic E-state index is 0.848. The molecule has 2 heterocycles. The fourth-order valence-electron chi connectivity index (χ4n) is 1.60. The van der Waals surface area contributed by atoms with Gasteiger partial charge in [-0.05, 0) is 18.6 Å². The van der Waals surface area contributed by atoms with Crippen molar-refractivity contribution in [1.82, 2.24) is 14.8 Å². The van der Waals surface area contributed by atoms with Crippen molar-refractivity contribution in [3.05, 3.63) is 42.0 Å². The smallest absolute Gasteiger partial charge is 0.0679 e. The number of alkyl halides is 1. The molecule has 0 saturated heterocycles. The predicted molar refractivity (Wildman–Crippen MR) is 63.4 cm³/mol. The molecule has 0 aliphatic heterocycles. The summed E-state index contributed by atoms with van der Waals surface area (Å²) in [6.45, 7) is 2.14. The van der Waals surface area contributed by atoms with Crippen LogP contribution in [0.2, 0.25) is 0 Å². The molecule has 0 saturated carbocycles. The fourth-order valence-corrected chi connectivity index (χ4v) is 2.07. The van der Waals surface area contributed by atoms with Gasteiger partial charge in [-0.15, -0.1) is 0 Å². The molecule has 0 radical (unpaired) electrons. The van der Waals surface area contributed by atoms with Crippen molar-refractivity contribution >= 4 is 15.9 Å². The maximum Gasteiger partial charge on any atom is 0.0679 e. The van der Waals surface area contributed by atoms with Crippen LogP contribution < -0.4 is 0 Å². The van der Waals surface area contributed by atoms with Gasteiger partial charge in [0, 0.05) is 29.0 Å². The lowest BCUT2D eigenvalue weighted by Gasteiger charge is -2.06. The van der Waals surface area contributed by atoms with E-state index in [0.717, 1.165) is 17.4 Å². The van der Waals surface area contributed by atoms with E-state index in [1.54, 1.807) is 12.4 Å². The van der Waals surface area contributed by atoms with Crippen LogP contribution in [0.1, 0.15) is 18.2 Å². The Morgan fingerprint density at radius 3 is 2.67 bits per heavy atom. The first-order valence-electron chi connectivity index (χ1n) is 4.89. The maximum atomic E-state index is 4.39. The standard InChI is InChI=1S/C11H12BrN3/c1-2-11-9(7-12)8-14-15(11)10-3-5-13-6-4-10/h3-6,8H,2,7H2,1H3. The van der Waals surface area contributed by atoms with Crippen LogP contribution in [-0.4, -0.2) is 14.8 Å². The van der Waals surface area contributed by atoms with Crippen molar-refractivity contribution in [2.75, 3.05) is 0 Å². The van der Waals surface area contributed by atoms with Gasteiger partial charge in [0.15, 0.2) is 0 Å². The third-order valence-corrected chi connectivity index (χ3v) is 2.95. The van der Waals surface area contributed by atoms with Gasteiger partial charge in [-0.1, -0.05) is 22.9 Å². The Labute approximate surface area is 97.3 Å². The number of hydrogen-bond acceptors (Lipinski definition) is 2. The number of aromatic nitrogens is 3. The first kappa shape index (κ1) is 10.4. The average molecular weight is 266 g/mol. The molecule has 2 rings (SSSR count). The summed E-state index contributed by atoms with van der Waals surface area (Å²) in [5.74, 6) is 0. The number of nitrogens with zero attached hydrogens (tertiary/aromatic N) is 3. The predicted octanol–water partition coefficient (Wildman–Crippen LogP) is 2.72. The van der Waals surface area contributed by atoms with E-state index >= 15 is 0 Å². The van der Waals surface area contributed by atoms with Crippen LogP contribution in [0.25, 0.3) is 5.69 Å². The van der Waals surface area contributed by atoms with Gasteiger partial charge in [0.1, 0.15) is 0 Å². The van der Waals surface area contributed by atoms with Gasteiger partial charge in [-0.2, -0.15) is 5.10 Å². The third-order valence-electron chi connectivity index (χ3n) is 2.34. The zero-order chi connectivity index (χ0) is 10.7. The van der Waals surface area contributed by atoms with Crippen molar-refractivity contribution in [3.63, 3.8) is 0 Å². The zero-order valence-corrected chi connectivity index (χ0v) is 10.1. The van der Waals surface area contributed by atoms with E-state index in [9.17, 15) is 0 Å². The van der Waals surface area contributed by atoms with Crippen molar-refractivity contribution in [2.45, 2.75) is 18.7 Å². The van der Waals surface area contributed by atoms with E-state index < -0.39 is 0 Å². The normalized spacial score (nSPS) is 10.5. The number of rotatable bonds is 3. The summed E-state index contributed by atoms with van der Waals surface area (Å²) in [4.78, 5) is 4.00. The lowest BCUT2D eigenvalue weighted by molar-refractivity contribution is 0.809. The van der Waals surface area contributed by atoms with Gasteiger partial charge in [0.2, 0.25) is 0 Å². The summed E-state index contributed by atoms with van der Waals surface area (Å²) >= 11 is 3.47. The van der Waals surface area contributed by atoms with Gasteiger partial charge < -0.3 is 0 Å². The summed E-state index contributed by atoms with van der Waals surface area (Å²) < 4.78 is 1.97. The van der Waals surface area contributed by atoms with Crippen molar-refractivity contribution in [3.8, 4) is 5.69 Å². The van der Waals surface area contributed by atoms with Gasteiger partial charge in [-0.25, -0.2) is 4.68 Å². The number of pyridine rings is 1. The van der Waals surface area contributed by atoms with E-state index in [0.29, 0.717) is 0 Å². The van der Waals surface area contributed by atoms with Crippen LogP contribution >= 0.6 is 15.9 Å². The topological polar surface area (TPSA) is 30.7 Å². The molecule has 0 spiro atoms. The van der Waals surface area contributed by atoms with Crippen molar-refractivity contribution in [1.29, 1.82) is 0 Å². The van der Waals surface area contributed by atoms with E-state index in [1.807, 2.05) is 23.0 Å². The molecule has 0 aliphatic carbocycles. The Bertz CT molecular complexity index is 436. The molecule has 78 valence electrons. The minimum atomic E-state index is 0.848. The second kappa shape index (κ2) is 4.57. The average Bonchev–Trinajstić information content (AvgIpc) is 2.72. The first-order chi connectivity index (χ1) is 7.36. The SMILES string of the molecule is CCc1c(CBr)cnn1-c1ccncc1. The van der Waals surface area contributed by atoms with Crippen LogP contribution in [0.15, 0.2) is 30.7 Å². The molecule has 0 bridgehead atoms. The van der Waals surface area contributed by atoms with Crippen LogP contribution in [0.5, 0.6) is 0 Å². The van der Waals surface area contributed by atoms with Crippen LogP contribution in [0.3, 0.4) is 0 Å². The van der Waals surface area contributed by atoms with E-state index in [4.69, 9.17) is 0 Å². The molecule has 0 atom stereocenters. The lowest BCUT2D eigenvalue weighted by atomic mass is 10.2. The molecular formula is C11H12BrN3. The van der Waals surface area contributed by atoms with E-state index in [-0.39, 0.29) is 0 Å². The highest BCUT2D eigenvalue weighted by molar-refractivity contribution is 9.08.